The van der Waals surface area contributed by atoms with Gasteiger partial charge in [-0.05, 0) is 48.0 Å². The summed E-state index contributed by atoms with van der Waals surface area (Å²) in [4.78, 5) is 48.7. The number of phenolic OH excluding ortho intramolecular Hbond substituents is 3. The van der Waals surface area contributed by atoms with Crippen molar-refractivity contribution in [2.75, 3.05) is 19.8 Å². The van der Waals surface area contributed by atoms with E-state index in [-0.39, 0.29) is 28.4 Å². The number of carboxylic acid groups (broad SMARTS) is 1. The van der Waals surface area contributed by atoms with Crippen LogP contribution in [0.25, 0.3) is 28.7 Å². The van der Waals surface area contributed by atoms with Gasteiger partial charge in [-0.2, -0.15) is 0 Å². The molecule has 5 aliphatic rings. The van der Waals surface area contributed by atoms with Crippen molar-refractivity contribution >= 4 is 24.0 Å². The van der Waals surface area contributed by atoms with E-state index in [0.29, 0.717) is 5.56 Å². The molecule has 25 heteroatoms. The molecular weight excluding hydrogens is 928 g/mol. The number of fused-ring (bicyclic) bond motifs is 1. The fourth-order valence-corrected chi connectivity index (χ4v) is 7.26. The Kier molecular flexibility index (Phi) is 15.7. The fourth-order valence-electron chi connectivity index (χ4n) is 7.26. The van der Waals surface area contributed by atoms with Gasteiger partial charge in [-0.15, -0.1) is 0 Å². The maximum Gasteiger partial charge on any atom is 0.330 e. The minimum absolute atomic E-state index is 0.0184. The summed E-state index contributed by atoms with van der Waals surface area (Å²) in [6.07, 6.45) is -24.8. The number of benzene rings is 3. The second-order valence-electron chi connectivity index (χ2n) is 15.9. The van der Waals surface area contributed by atoms with Crippen LogP contribution in [0.4, 0.5) is 0 Å². The summed E-state index contributed by atoms with van der Waals surface area (Å²) in [7, 11) is 0. The van der Waals surface area contributed by atoms with E-state index in [1.165, 1.54) is 36.4 Å². The number of hydrogen-bond acceptors (Lipinski definition) is 24. The van der Waals surface area contributed by atoms with Crippen LogP contribution >= 0.6 is 0 Å². The first-order valence-corrected chi connectivity index (χ1v) is 20.8. The first-order valence-electron chi connectivity index (χ1n) is 20.8. The van der Waals surface area contributed by atoms with Gasteiger partial charge >= 0.3 is 17.9 Å². The summed E-state index contributed by atoms with van der Waals surface area (Å²) in [5, 5.41) is 125. The van der Waals surface area contributed by atoms with Crippen molar-refractivity contribution in [1.29, 1.82) is 0 Å². The summed E-state index contributed by atoms with van der Waals surface area (Å²) in [5.41, 5.74) is -0.507. The third-order valence-corrected chi connectivity index (χ3v) is 11.0. The molecule has 0 aromatic heterocycles. The Bertz CT molecular complexity index is 2510. The quantitative estimate of drug-likeness (QED) is 0.0256. The maximum atomic E-state index is 13.1. The van der Waals surface area contributed by atoms with Gasteiger partial charge in [0.15, 0.2) is 40.8 Å². The Morgan fingerprint density at radius 2 is 1.32 bits per heavy atom. The minimum Gasteiger partial charge on any atom is -0.508 e. The number of aliphatic hydroxyl groups excluding tert-OH is 8. The van der Waals surface area contributed by atoms with Crippen LogP contribution in [-0.2, 0) is 42.8 Å². The summed E-state index contributed by atoms with van der Waals surface area (Å²) < 4.78 is 51.3. The summed E-state index contributed by atoms with van der Waals surface area (Å²) in [6, 6.07) is 12.1. The number of hydrogen-bond donors (Lipinski definition) is 12. The summed E-state index contributed by atoms with van der Waals surface area (Å²) in [5.74, 6) is -6.46. The first-order chi connectivity index (χ1) is 32.8. The molecule has 0 spiro atoms. The number of carbonyl (C=O) groups excluding carboxylic acids is 2. The second-order valence-corrected chi connectivity index (χ2v) is 15.9. The number of aliphatic hydroxyl groups is 8. The molecule has 3 saturated heterocycles. The van der Waals surface area contributed by atoms with Gasteiger partial charge in [0.05, 0.1) is 12.2 Å². The molecule has 3 fully saturated rings. The Labute approximate surface area is 387 Å². The largest absolute Gasteiger partial charge is 0.508 e. The van der Waals surface area contributed by atoms with Gasteiger partial charge in [0.2, 0.25) is 12.6 Å². The molecule has 69 heavy (non-hydrogen) atoms. The summed E-state index contributed by atoms with van der Waals surface area (Å²) >= 11 is 0. The molecule has 1 aliphatic carbocycles. The highest BCUT2D eigenvalue weighted by molar-refractivity contribution is 5.90. The lowest BCUT2D eigenvalue weighted by atomic mass is 9.98. The zero-order valence-electron chi connectivity index (χ0n) is 35.5. The molecule has 12 N–H and O–H groups in total. The second kappa shape index (κ2) is 21.5. The zero-order chi connectivity index (χ0) is 49.8. The molecular formula is C44H46O25. The average molecular weight is 975 g/mol. The van der Waals surface area contributed by atoms with Crippen molar-refractivity contribution in [3.05, 3.63) is 82.5 Å². The average Bonchev–Trinajstić information content (AvgIpc) is 3.31. The van der Waals surface area contributed by atoms with Crippen LogP contribution < -0.4 is 14.9 Å². The van der Waals surface area contributed by atoms with Crippen LogP contribution in [0, 0.1) is 0 Å². The lowest BCUT2D eigenvalue weighted by Gasteiger charge is -2.44. The van der Waals surface area contributed by atoms with Gasteiger partial charge in [-0.25, -0.2) is 4.79 Å². The van der Waals surface area contributed by atoms with Crippen molar-refractivity contribution in [1.82, 2.24) is 0 Å². The predicted octanol–water partition coefficient (Wildman–Crippen LogP) is -2.36. The lowest BCUT2D eigenvalue weighted by molar-refractivity contribution is -0.345. The Balaban J connectivity index is 1.25. The van der Waals surface area contributed by atoms with Crippen molar-refractivity contribution in [3.8, 4) is 51.4 Å². The van der Waals surface area contributed by atoms with Crippen LogP contribution in [-0.4, -0.2) is 185 Å². The third-order valence-electron chi connectivity index (χ3n) is 11.0. The van der Waals surface area contributed by atoms with Crippen molar-refractivity contribution < 1.29 is 118 Å². The zero-order valence-corrected chi connectivity index (χ0v) is 35.5. The van der Waals surface area contributed by atoms with Crippen LogP contribution in [0.2, 0.25) is 0 Å². The van der Waals surface area contributed by atoms with Gasteiger partial charge in [0.1, 0.15) is 97.9 Å². The van der Waals surface area contributed by atoms with Gasteiger partial charge in [-0.3, -0.25) is 14.4 Å². The maximum absolute atomic E-state index is 13.1. The van der Waals surface area contributed by atoms with E-state index >= 15 is 0 Å². The molecule has 0 bridgehead atoms. The van der Waals surface area contributed by atoms with Crippen LogP contribution in [0.3, 0.4) is 0 Å². The van der Waals surface area contributed by atoms with Crippen LogP contribution in [0.1, 0.15) is 12.0 Å². The fraction of sp³-hybridized carbons (Fsp3) is 0.409. The number of ether oxygens (including phenoxy) is 8. The Morgan fingerprint density at radius 1 is 0.667 bits per heavy atom. The highest BCUT2D eigenvalue weighted by Gasteiger charge is 2.51. The number of aliphatic carboxylic acids is 1. The normalized spacial score (nSPS) is 30.4. The molecule has 0 amide bonds. The molecule has 372 valence electrons. The number of phenols is 3. The van der Waals surface area contributed by atoms with E-state index in [2.05, 4.69) is 0 Å². The van der Waals surface area contributed by atoms with E-state index in [9.17, 15) is 75.3 Å². The lowest BCUT2D eigenvalue weighted by Crippen LogP contribution is -2.64. The Hall–Kier alpha value is -6.46. The van der Waals surface area contributed by atoms with E-state index in [1.807, 2.05) is 0 Å². The van der Waals surface area contributed by atoms with Crippen molar-refractivity contribution in [2.24, 2.45) is 0 Å². The highest BCUT2D eigenvalue weighted by atomic mass is 16.8. The SMILES string of the molecule is O=C(O)CC(=O)OC[C@H]1O[C@@H](Oc2cc(=O)cc3oc(-c4ccc(O)c(O)c4)c(O[C@@H]4O[C@H](COC(=O)/C=C/c5ccc(O)cc5)[C@@H](O)[C@H](O)[C@H]4O[C@@H]4OC[C@@H](O)[C@H](O)[C@H]4O)cc2-3)[C@H](O)[C@@H](O)[C@@H]1O. The number of rotatable bonds is 15. The van der Waals surface area contributed by atoms with Crippen molar-refractivity contribution in [2.45, 2.75) is 92.4 Å². The smallest absolute Gasteiger partial charge is 0.330 e. The monoisotopic (exact) mass is 974 g/mol. The molecule has 25 nitrogen and oxygen atoms in total. The van der Waals surface area contributed by atoms with E-state index in [1.54, 1.807) is 0 Å². The standard InChI is InChI=1S/C44H46O25/c45-19-5-1-17(2-6-19)3-8-31(52)61-15-29-35(56)37(58)41(69-42-38(59)33(54)24(49)14-63-42)44(68-29)66-27-12-21-25(64-40(27)18-4-7-22(47)23(48)9-18)10-20(46)11-26(21)65-43-39(60)36(57)34(55)28(67-43)16-62-32(53)13-30(50)51/h1-12,24,28-29,33-39,41-45,47-49,54-60H,13-16H2,(H,50,51)/b8-3+/t24-,28-,29-,33+,34-,35-,36+,37+,38-,39-,41-,42+,43-,44-/m1/s1. The molecule has 4 heterocycles. The highest BCUT2D eigenvalue weighted by Crippen LogP contribution is 2.44. The van der Waals surface area contributed by atoms with Crippen molar-refractivity contribution in [3.63, 3.8) is 0 Å². The van der Waals surface area contributed by atoms with Gasteiger partial charge in [-0.1, -0.05) is 12.1 Å². The molecule has 0 unspecified atom stereocenters. The first kappa shape index (κ1) is 50.4. The molecule has 2 aromatic carbocycles. The van der Waals surface area contributed by atoms with E-state index in [4.69, 9.17) is 47.4 Å². The van der Waals surface area contributed by atoms with Gasteiger partial charge in [0, 0.05) is 23.8 Å². The van der Waals surface area contributed by atoms with Crippen LogP contribution in [0.5, 0.6) is 28.7 Å². The summed E-state index contributed by atoms with van der Waals surface area (Å²) in [6.45, 7) is -2.13. The number of carboxylic acids is 1. The van der Waals surface area contributed by atoms with E-state index < -0.39 is 159 Å². The minimum atomic E-state index is -2.05. The molecule has 2 aromatic rings. The molecule has 4 aliphatic heterocycles. The molecule has 0 radical (unpaired) electrons. The molecule has 0 saturated carbocycles. The Morgan fingerprint density at radius 3 is 2.01 bits per heavy atom. The number of esters is 2. The third kappa shape index (κ3) is 11.7. The topological polar surface area (TPSA) is 398 Å². The number of aromatic hydroxyl groups is 3. The molecule has 7 rings (SSSR count). The van der Waals surface area contributed by atoms with Gasteiger partial charge in [0.25, 0.3) is 0 Å². The van der Waals surface area contributed by atoms with Gasteiger partial charge < -0.3 is 104 Å². The predicted molar refractivity (Wildman–Crippen MR) is 223 cm³/mol. The van der Waals surface area contributed by atoms with E-state index in [0.717, 1.165) is 36.4 Å². The molecule has 14 atom stereocenters. The van der Waals surface area contributed by atoms with Crippen LogP contribution in [0.15, 0.2) is 76.0 Å². The number of carbonyl (C=O) groups is 3.